The van der Waals surface area contributed by atoms with Gasteiger partial charge in [0, 0.05) is 24.5 Å². The van der Waals surface area contributed by atoms with Crippen LogP contribution >= 0.6 is 0 Å². The van der Waals surface area contributed by atoms with Crippen molar-refractivity contribution in [2.45, 2.75) is 102 Å². The summed E-state index contributed by atoms with van der Waals surface area (Å²) in [7, 11) is 11.6. The van der Waals surface area contributed by atoms with Crippen LogP contribution in [0.3, 0.4) is 0 Å². The van der Waals surface area contributed by atoms with E-state index in [1.54, 1.807) is 48.5 Å². The Morgan fingerprint density at radius 1 is 0.553 bits per heavy atom. The summed E-state index contributed by atoms with van der Waals surface area (Å²) in [6.07, 6.45) is -1.86. The van der Waals surface area contributed by atoms with Gasteiger partial charge in [-0.3, -0.25) is 14.6 Å². The Hall–Kier alpha value is -8.21. The van der Waals surface area contributed by atoms with E-state index in [1.165, 1.54) is 47.9 Å². The molecule has 2 aliphatic heterocycles. The third-order valence-electron chi connectivity index (χ3n) is 14.5. The molecule has 0 saturated carbocycles. The molecule has 85 heavy (non-hydrogen) atoms. The van der Waals surface area contributed by atoms with E-state index in [1.807, 2.05) is 42.3 Å². The molecule has 2 aliphatic rings. The Morgan fingerprint density at radius 2 is 0.859 bits per heavy atom. The van der Waals surface area contributed by atoms with Crippen LogP contribution in [-0.4, -0.2) is 136 Å². The minimum Gasteiger partial charge on any atom is -0.483 e. The molecule has 0 bridgehead atoms. The lowest BCUT2D eigenvalue weighted by Crippen LogP contribution is -2.51. The topological polar surface area (TPSA) is 185 Å². The molecule has 0 saturated heterocycles. The summed E-state index contributed by atoms with van der Waals surface area (Å²) in [5, 5.41) is 26.0. The lowest BCUT2D eigenvalue weighted by atomic mass is 9.91. The molecule has 2 atom stereocenters. The first-order valence-corrected chi connectivity index (χ1v) is 28.1. The van der Waals surface area contributed by atoms with Gasteiger partial charge in [-0.25, -0.2) is 19.2 Å². The van der Waals surface area contributed by atoms with Gasteiger partial charge in [0.1, 0.15) is 26.3 Å². The van der Waals surface area contributed by atoms with Crippen LogP contribution in [0.4, 0.5) is 47.3 Å². The SMILES string of the molecule is CC1=C(C(=O)OCC[N+](C)(C)C)[C@@H](c2ccc(C#N)cc2)N(CCCCCCCCCCCCN2C(=O)N(c3cccc(C(F)(F)F)c3)C(C)=C(C(=O)OCC[N+](C)(C)C)[C@H]2c2ccc(C#N)cc2)C(=O)N1c1cccc(C(F)(F)F)c1.O=CO. The zero-order valence-corrected chi connectivity index (χ0v) is 49.4. The van der Waals surface area contributed by atoms with E-state index < -0.39 is 59.6 Å². The number of halogens is 6. The number of urea groups is 2. The number of likely N-dealkylation sites (N-methyl/N-ethyl adjacent to an activating group) is 2. The largest absolute Gasteiger partial charge is 0.483 e. The van der Waals surface area contributed by atoms with Crippen LogP contribution in [0.25, 0.3) is 0 Å². The predicted octanol–water partition coefficient (Wildman–Crippen LogP) is 12.8. The summed E-state index contributed by atoms with van der Waals surface area (Å²) in [6.45, 7) is 4.13. The summed E-state index contributed by atoms with van der Waals surface area (Å²) >= 11 is 0. The highest BCUT2D eigenvalue weighted by Gasteiger charge is 2.45. The van der Waals surface area contributed by atoms with Gasteiger partial charge in [0.05, 0.1) is 111 Å². The number of allylic oxidation sites excluding steroid dienone is 2. The number of hydrogen-bond acceptors (Lipinski definition) is 9. The van der Waals surface area contributed by atoms with Crippen molar-refractivity contribution in [3.8, 4) is 12.1 Å². The molecule has 456 valence electrons. The standard InChI is InChI=1S/C62H74F6N8O6.CH2O2/c1-43-53(57(77)81-37-35-75(3,4)5)55(47-29-25-45(41-69)26-30-47)71(59(79)73(43)51-23-19-21-49(39-51)61(63,64)65)33-17-15-13-11-9-10-12-14-16-18-34-72-56(48-31-27-46(42-70)28-32-48)54(58(78)82-38-36-76(6,7)8)44(2)74(60(72)80)52-24-20-22-50(40-52)62(66,67)68;2-1-3/h19-32,39-40,55-56H,9-18,33-38H2,1-8H3;1H,(H,2,3)/q+2;/t55-,56-;/m1./s1. The number of benzene rings is 4. The van der Waals surface area contributed by atoms with Crippen molar-refractivity contribution in [1.29, 1.82) is 10.5 Å². The molecule has 4 aromatic carbocycles. The highest BCUT2D eigenvalue weighted by molar-refractivity contribution is 6.04. The molecule has 0 spiro atoms. The van der Waals surface area contributed by atoms with Crippen LogP contribution < -0.4 is 9.80 Å². The van der Waals surface area contributed by atoms with Crippen LogP contribution in [0.2, 0.25) is 0 Å². The van der Waals surface area contributed by atoms with Crippen molar-refractivity contribution in [2.75, 3.05) is 91.5 Å². The second-order valence-electron chi connectivity index (χ2n) is 22.9. The normalized spacial score (nSPS) is 16.0. The number of carbonyl (C=O) groups is 5. The summed E-state index contributed by atoms with van der Waals surface area (Å²) in [5.41, 5.74) is 0.191. The van der Waals surface area contributed by atoms with Gasteiger partial charge in [0.25, 0.3) is 6.47 Å². The maximum atomic E-state index is 14.7. The average molecular weight is 1190 g/mol. The number of unbranched alkanes of at least 4 members (excludes halogenated alkanes) is 9. The monoisotopic (exact) mass is 1190 g/mol. The predicted molar refractivity (Wildman–Crippen MR) is 308 cm³/mol. The Labute approximate surface area is 493 Å². The molecule has 0 fully saturated rings. The number of carboxylic acid groups (broad SMARTS) is 1. The molecule has 0 aliphatic carbocycles. The molecule has 6 rings (SSSR count). The van der Waals surface area contributed by atoms with Gasteiger partial charge in [0.15, 0.2) is 0 Å². The smallest absolute Gasteiger partial charge is 0.416 e. The third-order valence-corrected chi connectivity index (χ3v) is 14.5. The fourth-order valence-electron chi connectivity index (χ4n) is 10.1. The maximum absolute atomic E-state index is 14.7. The number of nitriles is 2. The van der Waals surface area contributed by atoms with Crippen molar-refractivity contribution < 1.29 is 73.9 Å². The molecule has 1 N–H and O–H groups in total. The second-order valence-corrected chi connectivity index (χ2v) is 22.9. The number of rotatable bonds is 25. The van der Waals surface area contributed by atoms with Crippen molar-refractivity contribution in [3.05, 3.63) is 153 Å². The Bertz CT molecular complexity index is 2910. The summed E-state index contributed by atoms with van der Waals surface area (Å²) in [6, 6.07) is 22.8. The van der Waals surface area contributed by atoms with Crippen molar-refractivity contribution >= 4 is 41.8 Å². The fourth-order valence-corrected chi connectivity index (χ4v) is 10.1. The number of nitrogens with zero attached hydrogens (tertiary/aromatic N) is 8. The zero-order valence-electron chi connectivity index (χ0n) is 49.4. The lowest BCUT2D eigenvalue weighted by Gasteiger charge is -2.43. The summed E-state index contributed by atoms with van der Waals surface area (Å²) in [5.74, 6) is -1.43. The fraction of sp³-hybridized carbons (Fsp3) is 0.444. The quantitative estimate of drug-likeness (QED) is 0.0220. The number of ether oxygens (including phenoxy) is 2. The van der Waals surface area contributed by atoms with E-state index >= 15 is 0 Å². The van der Waals surface area contributed by atoms with Gasteiger partial charge in [-0.05, 0) is 98.5 Å². The third kappa shape index (κ3) is 18.6. The molecule has 4 amide bonds. The Morgan fingerprint density at radius 3 is 1.14 bits per heavy atom. The van der Waals surface area contributed by atoms with Crippen LogP contribution in [0, 0.1) is 22.7 Å². The van der Waals surface area contributed by atoms with Gasteiger partial charge < -0.3 is 33.3 Å². The zero-order chi connectivity index (χ0) is 62.9. The molecule has 0 unspecified atom stereocenters. The molecule has 0 radical (unpaired) electrons. The lowest BCUT2D eigenvalue weighted by molar-refractivity contribution is -0.870. The molecule has 16 nitrogen and oxygen atoms in total. The first kappa shape index (κ1) is 67.6. The Kier molecular flexibility index (Phi) is 23.9. The highest BCUT2D eigenvalue weighted by Crippen LogP contribution is 2.44. The molecule has 4 aromatic rings. The Balaban J connectivity index is 0.00000431. The molecule has 2 heterocycles. The first-order valence-electron chi connectivity index (χ1n) is 28.1. The number of alkyl halides is 6. The molecular weight excluding hydrogens is 1110 g/mol. The highest BCUT2D eigenvalue weighted by atomic mass is 19.4. The summed E-state index contributed by atoms with van der Waals surface area (Å²) < 4.78 is 96.8. The van der Waals surface area contributed by atoms with E-state index in [0.29, 0.717) is 70.0 Å². The van der Waals surface area contributed by atoms with E-state index in [9.17, 15) is 56.0 Å². The molecule has 0 aromatic heterocycles. The van der Waals surface area contributed by atoms with Crippen LogP contribution in [-0.2, 0) is 36.2 Å². The molecule has 22 heteroatoms. The van der Waals surface area contributed by atoms with Crippen molar-refractivity contribution in [2.24, 2.45) is 0 Å². The van der Waals surface area contributed by atoms with Gasteiger partial charge in [-0.15, -0.1) is 0 Å². The number of amides is 4. The van der Waals surface area contributed by atoms with E-state index in [0.717, 1.165) is 72.6 Å². The van der Waals surface area contributed by atoms with Crippen LogP contribution in [0.5, 0.6) is 0 Å². The second kappa shape index (κ2) is 30.0. The maximum Gasteiger partial charge on any atom is 0.416 e. The van der Waals surface area contributed by atoms with Gasteiger partial charge >= 0.3 is 36.4 Å². The summed E-state index contributed by atoms with van der Waals surface area (Å²) in [4.78, 5) is 71.5. The van der Waals surface area contributed by atoms with Crippen molar-refractivity contribution in [1.82, 2.24) is 9.80 Å². The minimum atomic E-state index is -4.70. The van der Waals surface area contributed by atoms with Gasteiger partial charge in [-0.1, -0.05) is 87.8 Å². The number of hydrogen-bond donors (Lipinski definition) is 1. The van der Waals surface area contributed by atoms with Gasteiger partial charge in [-0.2, -0.15) is 36.9 Å². The van der Waals surface area contributed by atoms with Crippen molar-refractivity contribution in [3.63, 3.8) is 0 Å². The first-order chi connectivity index (χ1) is 40.1. The molecular formula is C63H76F6N8O8+2. The van der Waals surface area contributed by atoms with E-state index in [2.05, 4.69) is 12.1 Å². The van der Waals surface area contributed by atoms with E-state index in [4.69, 9.17) is 19.4 Å². The number of quaternary nitrogens is 2. The van der Waals surface area contributed by atoms with Crippen LogP contribution in [0.1, 0.15) is 124 Å². The minimum absolute atomic E-state index is 0.0430. The number of anilines is 2. The average Bonchev–Trinajstić information content (AvgIpc) is 2.84. The number of carbonyl (C=O) groups excluding carboxylic acids is 4. The number of esters is 2. The van der Waals surface area contributed by atoms with Crippen LogP contribution in [0.15, 0.2) is 120 Å². The van der Waals surface area contributed by atoms with Gasteiger partial charge in [0.2, 0.25) is 0 Å². The van der Waals surface area contributed by atoms with E-state index in [-0.39, 0.29) is 66.7 Å².